The molecule has 0 aromatic heterocycles. The van der Waals surface area contributed by atoms with Gasteiger partial charge in [-0.05, 0) is 163 Å². The Morgan fingerprint density at radius 1 is 0.471 bits per heavy atom. The maximum Gasteiger partial charge on any atom is 0.416 e. The van der Waals surface area contributed by atoms with Crippen LogP contribution in [0.3, 0.4) is 0 Å². The van der Waals surface area contributed by atoms with E-state index in [-0.39, 0.29) is 93.4 Å². The molecule has 0 fully saturated rings. The highest BCUT2D eigenvalue weighted by molar-refractivity contribution is 9.11. The van der Waals surface area contributed by atoms with E-state index in [2.05, 4.69) is 41.3 Å². The van der Waals surface area contributed by atoms with E-state index in [1.165, 1.54) is 54.6 Å². The van der Waals surface area contributed by atoms with Crippen LogP contribution in [0.25, 0.3) is 0 Å². The van der Waals surface area contributed by atoms with Gasteiger partial charge in [-0.15, -0.1) is 0 Å². The van der Waals surface area contributed by atoms with Gasteiger partial charge in [0, 0.05) is 35.7 Å². The van der Waals surface area contributed by atoms with Crippen LogP contribution in [-0.4, -0.2) is 95.8 Å². The number of carbonyl (C=O) groups is 3. The predicted molar refractivity (Wildman–Crippen MR) is 326 cm³/mol. The maximum atomic E-state index is 13.4. The monoisotopic (exact) mass is 1510 g/mol. The number of aryl methyl sites for hydroxylation is 1. The molecule has 0 aliphatic rings. The molecule has 6 rings (SSSR count). The molecule has 18 nitrogen and oxygen atoms in total. The van der Waals surface area contributed by atoms with Crippen molar-refractivity contribution in [1.29, 1.82) is 0 Å². The Bertz CT molecular complexity index is 3650. The van der Waals surface area contributed by atoms with E-state index in [9.17, 15) is 66.0 Å². The molecule has 0 amide bonds. The quantitative estimate of drug-likeness (QED) is 0.0307. The molecule has 6 N–H and O–H groups in total. The number of benzene rings is 6. The number of hydrogen-bond donors (Lipinski definition) is 6. The first-order valence-electron chi connectivity index (χ1n) is 24.0. The number of ether oxygens (including phenoxy) is 3. The Labute approximate surface area is 536 Å². The summed E-state index contributed by atoms with van der Waals surface area (Å²) in [7, 11) is -10.7. The minimum absolute atomic E-state index is 0.0291. The van der Waals surface area contributed by atoms with Gasteiger partial charge in [-0.1, -0.05) is 64.1 Å². The fraction of sp³-hybridized carbons (Fsp3) is 0.264. The zero-order chi connectivity index (χ0) is 65.7. The molecule has 6 aromatic carbocycles. The Kier molecular flexibility index (Phi) is 26.9. The van der Waals surface area contributed by atoms with Gasteiger partial charge in [0.25, 0.3) is 0 Å². The van der Waals surface area contributed by atoms with Crippen LogP contribution in [0.15, 0.2) is 99.9 Å². The molecule has 0 radical (unpaired) electrons. The summed E-state index contributed by atoms with van der Waals surface area (Å²) in [6.45, 7) is 1.49. The molecule has 34 heteroatoms. The zero-order valence-corrected chi connectivity index (χ0v) is 54.4. The first kappa shape index (κ1) is 73.8. The summed E-state index contributed by atoms with van der Waals surface area (Å²) in [4.78, 5) is 31.9. The topological polar surface area (TPSA) is 278 Å². The number of halogens is 13. The summed E-state index contributed by atoms with van der Waals surface area (Å²) in [5.41, 5.74) is 2.40. The molecule has 87 heavy (non-hydrogen) atoms. The van der Waals surface area contributed by atoms with Crippen molar-refractivity contribution in [3.05, 3.63) is 170 Å². The van der Waals surface area contributed by atoms with Gasteiger partial charge >= 0.3 is 24.1 Å². The number of hydrogen-bond acceptors (Lipinski definition) is 12. The average molecular weight is 1510 g/mol. The number of nitrogens with one attached hydrogen (secondary N) is 3. The van der Waals surface area contributed by atoms with Crippen LogP contribution in [0.5, 0.6) is 17.2 Å². The molecule has 474 valence electrons. The van der Waals surface area contributed by atoms with E-state index in [0.717, 1.165) is 30.4 Å². The van der Waals surface area contributed by atoms with Gasteiger partial charge in [-0.25, -0.2) is 52.8 Å². The Morgan fingerprint density at radius 2 is 0.782 bits per heavy atom. The first-order chi connectivity index (χ1) is 40.0. The fourth-order valence-corrected chi connectivity index (χ4v) is 12.1. The van der Waals surface area contributed by atoms with Gasteiger partial charge in [0.1, 0.15) is 25.6 Å². The molecule has 0 aliphatic heterocycles. The Balaban J connectivity index is 0.000000280. The summed E-state index contributed by atoms with van der Waals surface area (Å²) in [5.74, 6) is -4.27. The Morgan fingerprint density at radius 3 is 1.13 bits per heavy atom. The molecule has 0 saturated heterocycles. The highest BCUT2D eigenvalue weighted by atomic mass is 79.9. The van der Waals surface area contributed by atoms with Crippen molar-refractivity contribution in [3.8, 4) is 17.2 Å². The van der Waals surface area contributed by atoms with E-state index >= 15 is 0 Å². The fourth-order valence-electron chi connectivity index (χ4n) is 7.39. The van der Waals surface area contributed by atoms with E-state index in [4.69, 9.17) is 87.5 Å². The SMILES string of the molecule is CS(=O)(=O)Nc1cc(COc2c(Br)cc(CC(F)C(=O)O)cc2Br)cc(C(F)(F)F)c1.CS(=O)(=O)Nc1cc(Cl)cc(COc2c(Cl)cc(CC(F)C(=O)O)cc2Cl)c1.Cc1cc(COc2c(Cl)cc(CC(F)C(=O)O)cc2Cl)cc(NS(C)(=O)=O)c1. The number of rotatable bonds is 24. The van der Waals surface area contributed by atoms with Crippen molar-refractivity contribution in [2.75, 3.05) is 32.9 Å². The molecule has 0 spiro atoms. The molecule has 3 unspecified atom stereocenters. The van der Waals surface area contributed by atoms with Crippen LogP contribution in [0.1, 0.15) is 44.5 Å². The number of sulfonamides is 3. The summed E-state index contributed by atoms with van der Waals surface area (Å²) in [5, 5.41) is 26.7. The van der Waals surface area contributed by atoms with Crippen LogP contribution in [0.4, 0.5) is 43.4 Å². The minimum atomic E-state index is -4.71. The highest BCUT2D eigenvalue weighted by Gasteiger charge is 2.32. The van der Waals surface area contributed by atoms with Crippen molar-refractivity contribution in [2.45, 2.75) is 70.7 Å². The molecular formula is C53H48Br2Cl5F6N3O15S3. The van der Waals surface area contributed by atoms with E-state index in [1.807, 2.05) is 17.7 Å². The summed E-state index contributed by atoms with van der Waals surface area (Å²) >= 11 is 36.9. The highest BCUT2D eigenvalue weighted by Crippen LogP contribution is 2.39. The first-order valence-corrected chi connectivity index (χ1v) is 33.2. The molecule has 0 heterocycles. The van der Waals surface area contributed by atoms with Crippen molar-refractivity contribution >= 4 is 155 Å². The summed E-state index contributed by atoms with van der Waals surface area (Å²) in [6.07, 6.45) is -9.21. The van der Waals surface area contributed by atoms with Gasteiger partial charge in [0.05, 0.1) is 59.1 Å². The lowest BCUT2D eigenvalue weighted by Crippen LogP contribution is -2.17. The number of aliphatic carboxylic acids is 3. The van der Waals surface area contributed by atoms with Crippen LogP contribution in [0, 0.1) is 6.92 Å². The average Bonchev–Trinajstić information content (AvgIpc) is 2.91. The third kappa shape index (κ3) is 25.8. The number of carboxylic acid groups (broad SMARTS) is 3. The maximum absolute atomic E-state index is 13.4. The second kappa shape index (κ2) is 31.7. The van der Waals surface area contributed by atoms with Gasteiger partial charge in [-0.3, -0.25) is 14.2 Å². The van der Waals surface area contributed by atoms with Gasteiger partial charge in [0.2, 0.25) is 48.6 Å². The van der Waals surface area contributed by atoms with Crippen molar-refractivity contribution < 1.29 is 95.5 Å². The van der Waals surface area contributed by atoms with Crippen molar-refractivity contribution in [2.24, 2.45) is 0 Å². The number of anilines is 3. The third-order valence-electron chi connectivity index (χ3n) is 10.7. The lowest BCUT2D eigenvalue weighted by Gasteiger charge is -2.15. The van der Waals surface area contributed by atoms with Gasteiger partial charge in [-0.2, -0.15) is 13.2 Å². The molecule has 3 atom stereocenters. The summed E-state index contributed by atoms with van der Waals surface area (Å²) < 4.78 is 172. The largest absolute Gasteiger partial charge is 0.487 e. The van der Waals surface area contributed by atoms with Crippen LogP contribution < -0.4 is 28.4 Å². The van der Waals surface area contributed by atoms with Crippen molar-refractivity contribution in [1.82, 2.24) is 0 Å². The Hall–Kier alpha value is -5.63. The van der Waals surface area contributed by atoms with Gasteiger partial charge in [0.15, 0.2) is 11.5 Å². The van der Waals surface area contributed by atoms with E-state index in [1.54, 1.807) is 18.2 Å². The van der Waals surface area contributed by atoms with E-state index in [0.29, 0.717) is 53.5 Å². The molecule has 6 aromatic rings. The number of alkyl halides is 6. The predicted octanol–water partition coefficient (Wildman–Crippen LogP) is 13.9. The van der Waals surface area contributed by atoms with Gasteiger partial charge < -0.3 is 29.5 Å². The summed E-state index contributed by atoms with van der Waals surface area (Å²) in [6, 6.07) is 20.7. The van der Waals surface area contributed by atoms with Crippen LogP contribution in [-0.2, 0) is 89.7 Å². The second-order valence-corrected chi connectivity index (χ2v) is 27.7. The normalized spacial score (nSPS) is 12.7. The minimum Gasteiger partial charge on any atom is -0.487 e. The number of carboxylic acids is 3. The lowest BCUT2D eigenvalue weighted by molar-refractivity contribution is -0.143. The van der Waals surface area contributed by atoms with E-state index < -0.39 is 78.2 Å². The molecule has 0 bridgehead atoms. The lowest BCUT2D eigenvalue weighted by atomic mass is 10.1. The molecular weight excluding hydrogens is 1470 g/mol. The third-order valence-corrected chi connectivity index (χ3v) is 15.0. The molecule has 0 aliphatic carbocycles. The second-order valence-electron chi connectivity index (χ2n) is 18.7. The zero-order valence-electron chi connectivity index (χ0n) is 45.0. The van der Waals surface area contributed by atoms with Crippen LogP contribution in [0.2, 0.25) is 25.1 Å². The molecule has 0 saturated carbocycles. The standard InChI is InChI=1S/C18H15Br2F4NO5S.C18H18Cl2FNO5S.C17H15Cl3FNO5S/c1-31(28,29)25-12-3-10(2-11(7-12)18(22,23)24)8-30-16-13(19)4-9(5-14(16)20)6-15(21)17(26)27;1-10-3-12(5-13(4-10)22-28(2,25)26)9-27-17-14(19)6-11(7-15(17)20)8-16(21)18(23)24;1-28(25,26)22-12-3-10(2-11(18)7-12)8-27-16-13(19)4-9(5-14(16)20)6-15(21)17(23)24/h2-5,7,15,25H,6,8H2,1H3,(H,26,27);3-7,16,22H,8-9H2,1-2H3,(H,23,24);2-5,7,15,22H,6,8H2,1H3,(H,23,24). The smallest absolute Gasteiger partial charge is 0.416 e. The van der Waals surface area contributed by atoms with Crippen molar-refractivity contribution in [3.63, 3.8) is 0 Å². The van der Waals surface area contributed by atoms with Crippen LogP contribution >= 0.6 is 89.9 Å².